The molecule has 0 saturated carbocycles. The Labute approximate surface area is 159 Å². The minimum atomic E-state index is -0.703. The first-order chi connectivity index (χ1) is 12.4. The molecule has 0 aliphatic carbocycles. The van der Waals surface area contributed by atoms with Gasteiger partial charge >= 0.3 is 0 Å². The van der Waals surface area contributed by atoms with Crippen LogP contribution < -0.4 is 10.1 Å². The lowest BCUT2D eigenvalue weighted by atomic mass is 10.1. The Morgan fingerprint density at radius 3 is 2.42 bits per heavy atom. The van der Waals surface area contributed by atoms with Crippen molar-refractivity contribution in [2.75, 3.05) is 5.32 Å². The molecule has 1 N–H and O–H groups in total. The number of nitrogens with one attached hydrogen (secondary N) is 1. The number of benzene rings is 2. The first kappa shape index (κ1) is 18.1. The quantitative estimate of drug-likeness (QED) is 0.662. The number of aryl methyl sites for hydroxylation is 2. The number of hydrogen-bond donors (Lipinski definition) is 1. The first-order valence-corrected chi connectivity index (χ1v) is 8.86. The van der Waals surface area contributed by atoms with Crippen molar-refractivity contribution in [1.82, 2.24) is 10.3 Å². The van der Waals surface area contributed by atoms with Crippen LogP contribution in [0.15, 0.2) is 51.6 Å². The summed E-state index contributed by atoms with van der Waals surface area (Å²) in [7, 11) is 0. The van der Waals surface area contributed by atoms with Gasteiger partial charge in [-0.2, -0.15) is 0 Å². The van der Waals surface area contributed by atoms with Crippen molar-refractivity contribution in [2.24, 2.45) is 0 Å². The fourth-order valence-electron chi connectivity index (χ4n) is 2.54. The van der Waals surface area contributed by atoms with Crippen molar-refractivity contribution >= 4 is 27.7 Å². The van der Waals surface area contributed by atoms with E-state index in [0.29, 0.717) is 11.4 Å². The number of carbonyl (C=O) groups excluding carboxylic acids is 1. The molecule has 6 nitrogen and oxygen atoms in total. The number of nitrogens with zero attached hydrogens (tertiary/aromatic N) is 2. The minimum absolute atomic E-state index is 0.258. The second-order valence-electron chi connectivity index (χ2n) is 6.04. The van der Waals surface area contributed by atoms with Crippen LogP contribution in [0.25, 0.3) is 11.3 Å². The summed E-state index contributed by atoms with van der Waals surface area (Å²) in [5.41, 5.74) is 3.40. The van der Waals surface area contributed by atoms with E-state index in [0.717, 1.165) is 21.2 Å². The standard InChI is InChI=1S/C19H18BrN3O3/c1-11-8-12(2)10-16(9-11)25-13(3)19(24)21-18-17(22-26-23-18)14-4-6-15(20)7-5-14/h4-10,13H,1-3H3,(H,21,23,24)/t13-/m0/s1. The second-order valence-corrected chi connectivity index (χ2v) is 6.96. The van der Waals surface area contributed by atoms with Crippen LogP contribution in [0.1, 0.15) is 18.1 Å². The molecule has 7 heteroatoms. The van der Waals surface area contributed by atoms with Gasteiger partial charge in [0.25, 0.3) is 5.91 Å². The zero-order valence-corrected chi connectivity index (χ0v) is 16.2. The van der Waals surface area contributed by atoms with Gasteiger partial charge in [-0.25, -0.2) is 4.63 Å². The van der Waals surface area contributed by atoms with Crippen molar-refractivity contribution in [3.05, 3.63) is 58.1 Å². The highest BCUT2D eigenvalue weighted by molar-refractivity contribution is 9.10. The van der Waals surface area contributed by atoms with E-state index < -0.39 is 6.10 Å². The molecular formula is C19H18BrN3O3. The van der Waals surface area contributed by atoms with Crippen LogP contribution in [0.5, 0.6) is 5.75 Å². The van der Waals surface area contributed by atoms with Crippen LogP contribution in [0.4, 0.5) is 5.82 Å². The van der Waals surface area contributed by atoms with Crippen LogP contribution in [-0.4, -0.2) is 22.3 Å². The Balaban J connectivity index is 1.72. The number of ether oxygens (including phenoxy) is 1. The Morgan fingerprint density at radius 2 is 1.77 bits per heavy atom. The van der Waals surface area contributed by atoms with E-state index >= 15 is 0 Å². The third-order valence-electron chi connectivity index (χ3n) is 3.73. The van der Waals surface area contributed by atoms with E-state index in [1.807, 2.05) is 56.3 Å². The number of carbonyl (C=O) groups is 1. The molecule has 1 aromatic heterocycles. The van der Waals surface area contributed by atoms with Gasteiger partial charge in [-0.1, -0.05) is 34.1 Å². The van der Waals surface area contributed by atoms with Crippen LogP contribution in [0.3, 0.4) is 0 Å². The van der Waals surface area contributed by atoms with Crippen molar-refractivity contribution in [3.63, 3.8) is 0 Å². The summed E-state index contributed by atoms with van der Waals surface area (Å²) in [4.78, 5) is 12.5. The first-order valence-electron chi connectivity index (χ1n) is 8.06. The summed E-state index contributed by atoms with van der Waals surface area (Å²) >= 11 is 3.38. The normalized spacial score (nSPS) is 11.8. The molecule has 1 atom stereocenters. The third-order valence-corrected chi connectivity index (χ3v) is 4.25. The summed E-state index contributed by atoms with van der Waals surface area (Å²) in [6.07, 6.45) is -0.703. The molecule has 0 aliphatic heterocycles. The maximum absolute atomic E-state index is 12.5. The van der Waals surface area contributed by atoms with Crippen LogP contribution in [0, 0.1) is 13.8 Å². The average Bonchev–Trinajstić information content (AvgIpc) is 3.02. The van der Waals surface area contributed by atoms with Gasteiger partial charge in [0.2, 0.25) is 5.82 Å². The summed E-state index contributed by atoms with van der Waals surface area (Å²) < 4.78 is 11.5. The SMILES string of the molecule is Cc1cc(C)cc(O[C@@H](C)C(=O)Nc2nonc2-c2ccc(Br)cc2)c1. The Bertz CT molecular complexity index is 902. The summed E-state index contributed by atoms with van der Waals surface area (Å²) in [5.74, 6) is 0.572. The Hall–Kier alpha value is -2.67. The van der Waals surface area contributed by atoms with Crippen molar-refractivity contribution < 1.29 is 14.2 Å². The van der Waals surface area contributed by atoms with Crippen molar-refractivity contribution in [3.8, 4) is 17.0 Å². The Morgan fingerprint density at radius 1 is 1.12 bits per heavy atom. The smallest absolute Gasteiger partial charge is 0.266 e. The molecule has 0 fully saturated rings. The zero-order chi connectivity index (χ0) is 18.7. The lowest BCUT2D eigenvalue weighted by molar-refractivity contribution is -0.122. The van der Waals surface area contributed by atoms with E-state index in [2.05, 4.69) is 31.6 Å². The number of rotatable bonds is 5. The molecule has 1 heterocycles. The van der Waals surface area contributed by atoms with E-state index in [9.17, 15) is 4.79 Å². The van der Waals surface area contributed by atoms with Gasteiger partial charge in [0, 0.05) is 10.0 Å². The summed E-state index contributed by atoms with van der Waals surface area (Å²) in [6.45, 7) is 5.64. The zero-order valence-electron chi connectivity index (χ0n) is 14.6. The number of halogens is 1. The number of aromatic nitrogens is 2. The van der Waals surface area contributed by atoms with Crippen LogP contribution in [0.2, 0.25) is 0 Å². The highest BCUT2D eigenvalue weighted by atomic mass is 79.9. The number of hydrogen-bond acceptors (Lipinski definition) is 5. The maximum Gasteiger partial charge on any atom is 0.266 e. The molecule has 3 rings (SSSR count). The van der Waals surface area contributed by atoms with Gasteiger partial charge in [0.05, 0.1) is 0 Å². The monoisotopic (exact) mass is 415 g/mol. The lowest BCUT2D eigenvalue weighted by Crippen LogP contribution is -2.30. The maximum atomic E-state index is 12.5. The lowest BCUT2D eigenvalue weighted by Gasteiger charge is -2.15. The molecule has 26 heavy (non-hydrogen) atoms. The summed E-state index contributed by atoms with van der Waals surface area (Å²) in [6, 6.07) is 13.3. The van der Waals surface area contributed by atoms with Crippen LogP contribution >= 0.6 is 15.9 Å². The molecule has 0 aliphatic rings. The highest BCUT2D eigenvalue weighted by Crippen LogP contribution is 2.26. The predicted molar refractivity (Wildman–Crippen MR) is 102 cm³/mol. The fourth-order valence-corrected chi connectivity index (χ4v) is 2.81. The van der Waals surface area contributed by atoms with Crippen molar-refractivity contribution in [2.45, 2.75) is 26.9 Å². The molecule has 0 radical (unpaired) electrons. The van der Waals surface area contributed by atoms with Gasteiger partial charge in [-0.15, -0.1) is 0 Å². The average molecular weight is 416 g/mol. The van der Waals surface area contributed by atoms with Gasteiger partial charge in [-0.3, -0.25) is 4.79 Å². The fraction of sp³-hybridized carbons (Fsp3) is 0.211. The number of anilines is 1. The van der Waals surface area contributed by atoms with Gasteiger partial charge in [0.15, 0.2) is 11.8 Å². The van der Waals surface area contributed by atoms with E-state index in [1.54, 1.807) is 6.92 Å². The van der Waals surface area contributed by atoms with Gasteiger partial charge in [-0.05, 0) is 66.5 Å². The third kappa shape index (κ3) is 4.29. The predicted octanol–water partition coefficient (Wildman–Crippen LogP) is 4.52. The Kier molecular flexibility index (Phi) is 5.37. The second kappa shape index (κ2) is 7.70. The molecule has 0 saturated heterocycles. The summed E-state index contributed by atoms with van der Waals surface area (Å²) in [5, 5.41) is 10.4. The van der Waals surface area contributed by atoms with E-state index in [4.69, 9.17) is 9.37 Å². The largest absolute Gasteiger partial charge is 0.481 e. The highest BCUT2D eigenvalue weighted by Gasteiger charge is 2.20. The molecule has 0 spiro atoms. The van der Waals surface area contributed by atoms with Crippen LogP contribution in [-0.2, 0) is 4.79 Å². The van der Waals surface area contributed by atoms with E-state index in [-0.39, 0.29) is 11.7 Å². The molecular weight excluding hydrogens is 398 g/mol. The molecule has 3 aromatic rings. The number of amides is 1. The topological polar surface area (TPSA) is 77.2 Å². The molecule has 1 amide bonds. The molecule has 0 bridgehead atoms. The van der Waals surface area contributed by atoms with Crippen molar-refractivity contribution in [1.29, 1.82) is 0 Å². The van der Waals surface area contributed by atoms with Gasteiger partial charge in [0.1, 0.15) is 5.75 Å². The molecule has 0 unspecified atom stereocenters. The molecule has 2 aromatic carbocycles. The van der Waals surface area contributed by atoms with Gasteiger partial charge < -0.3 is 10.1 Å². The van der Waals surface area contributed by atoms with E-state index in [1.165, 1.54) is 0 Å². The molecule has 134 valence electrons. The minimum Gasteiger partial charge on any atom is -0.481 e.